The van der Waals surface area contributed by atoms with Crippen LogP contribution in [0.25, 0.3) is 0 Å². The van der Waals surface area contributed by atoms with E-state index >= 15 is 0 Å². The summed E-state index contributed by atoms with van der Waals surface area (Å²) in [6.07, 6.45) is 7.78. The molecule has 2 atom stereocenters. The third-order valence-corrected chi connectivity index (χ3v) is 4.45. The van der Waals surface area contributed by atoms with Crippen LogP contribution in [0.5, 0.6) is 0 Å². The molecule has 0 spiro atoms. The number of carbonyl (C=O) groups excluding carboxylic acids is 1. The Labute approximate surface area is 136 Å². The number of allylic oxidation sites excluding steroid dienone is 2. The van der Waals surface area contributed by atoms with Gasteiger partial charge < -0.3 is 15.4 Å². The zero-order valence-electron chi connectivity index (χ0n) is 15.2. The van der Waals surface area contributed by atoms with Crippen molar-refractivity contribution in [3.63, 3.8) is 0 Å². The number of amides is 1. The summed E-state index contributed by atoms with van der Waals surface area (Å²) >= 11 is 0. The molecule has 2 unspecified atom stereocenters. The van der Waals surface area contributed by atoms with Crippen LogP contribution in [0.3, 0.4) is 0 Å². The Kier molecular flexibility index (Phi) is 6.92. The molecular formula is C18H34N2O2. The first kappa shape index (κ1) is 19.0. The average molecular weight is 310 g/mol. The van der Waals surface area contributed by atoms with E-state index in [0.717, 1.165) is 13.0 Å². The van der Waals surface area contributed by atoms with Crippen molar-refractivity contribution >= 4 is 6.09 Å². The molecule has 0 aliphatic heterocycles. The van der Waals surface area contributed by atoms with Crippen LogP contribution in [-0.4, -0.2) is 30.3 Å². The van der Waals surface area contributed by atoms with Crippen LogP contribution in [0, 0.1) is 11.8 Å². The summed E-state index contributed by atoms with van der Waals surface area (Å²) in [6.45, 7) is 13.7. The van der Waals surface area contributed by atoms with Crippen LogP contribution in [0.15, 0.2) is 12.2 Å². The van der Waals surface area contributed by atoms with Crippen molar-refractivity contribution < 1.29 is 9.53 Å². The molecule has 1 aliphatic carbocycles. The minimum atomic E-state index is -0.458. The summed E-state index contributed by atoms with van der Waals surface area (Å²) < 4.78 is 5.32. The van der Waals surface area contributed by atoms with Gasteiger partial charge in [-0.05, 0) is 65.3 Å². The predicted octanol–water partition coefficient (Wildman–Crippen LogP) is 3.87. The normalized spacial score (nSPS) is 21.5. The fraction of sp³-hybridized carbons (Fsp3) is 0.833. The van der Waals surface area contributed by atoms with Gasteiger partial charge in [0.2, 0.25) is 0 Å². The quantitative estimate of drug-likeness (QED) is 0.732. The summed E-state index contributed by atoms with van der Waals surface area (Å²) in [4.78, 5) is 11.9. The van der Waals surface area contributed by atoms with Crippen molar-refractivity contribution in [2.24, 2.45) is 11.8 Å². The highest BCUT2D eigenvalue weighted by molar-refractivity contribution is 5.67. The number of alkyl carbamates (subject to hydrolysis) is 1. The SMILES string of the molecule is CC(C)C(C)(CNC(=O)OC(C)(C)C)NCC1CC=CCC1. The molecule has 4 heteroatoms. The minimum absolute atomic E-state index is 0.127. The lowest BCUT2D eigenvalue weighted by Gasteiger charge is -2.37. The minimum Gasteiger partial charge on any atom is -0.444 e. The highest BCUT2D eigenvalue weighted by atomic mass is 16.6. The molecule has 1 rings (SSSR count). The van der Waals surface area contributed by atoms with E-state index in [1.54, 1.807) is 0 Å². The van der Waals surface area contributed by atoms with E-state index in [4.69, 9.17) is 4.74 Å². The van der Waals surface area contributed by atoms with Gasteiger partial charge in [-0.1, -0.05) is 26.0 Å². The molecule has 2 N–H and O–H groups in total. The molecule has 4 nitrogen and oxygen atoms in total. The Morgan fingerprint density at radius 3 is 2.45 bits per heavy atom. The maximum atomic E-state index is 11.9. The number of hydrogen-bond donors (Lipinski definition) is 2. The second-order valence-corrected chi connectivity index (χ2v) is 7.96. The fourth-order valence-corrected chi connectivity index (χ4v) is 2.46. The van der Waals surface area contributed by atoms with E-state index in [1.165, 1.54) is 12.8 Å². The molecule has 0 radical (unpaired) electrons. The van der Waals surface area contributed by atoms with Crippen LogP contribution in [0.1, 0.15) is 60.8 Å². The third kappa shape index (κ3) is 6.82. The first-order valence-corrected chi connectivity index (χ1v) is 8.49. The molecule has 0 aromatic carbocycles. The van der Waals surface area contributed by atoms with E-state index in [9.17, 15) is 4.79 Å². The Bertz CT molecular complexity index is 385. The summed E-state index contributed by atoms with van der Waals surface area (Å²) in [5.41, 5.74) is -0.585. The molecule has 1 amide bonds. The molecular weight excluding hydrogens is 276 g/mol. The molecule has 0 fully saturated rings. The van der Waals surface area contributed by atoms with Crippen molar-refractivity contribution in [2.45, 2.75) is 71.9 Å². The molecule has 0 bridgehead atoms. The van der Waals surface area contributed by atoms with Gasteiger partial charge in [0.05, 0.1) is 0 Å². The smallest absolute Gasteiger partial charge is 0.407 e. The van der Waals surface area contributed by atoms with E-state index in [-0.39, 0.29) is 11.6 Å². The van der Waals surface area contributed by atoms with Crippen molar-refractivity contribution in [3.05, 3.63) is 12.2 Å². The van der Waals surface area contributed by atoms with Gasteiger partial charge in [-0.15, -0.1) is 0 Å². The van der Waals surface area contributed by atoms with E-state index in [2.05, 4.69) is 43.6 Å². The lowest BCUT2D eigenvalue weighted by Crippen LogP contribution is -2.56. The van der Waals surface area contributed by atoms with Gasteiger partial charge in [-0.2, -0.15) is 0 Å². The highest BCUT2D eigenvalue weighted by Crippen LogP contribution is 2.21. The number of nitrogens with one attached hydrogen (secondary N) is 2. The molecule has 0 aromatic rings. The number of carbonyl (C=O) groups is 1. The predicted molar refractivity (Wildman–Crippen MR) is 92.0 cm³/mol. The monoisotopic (exact) mass is 310 g/mol. The van der Waals surface area contributed by atoms with Crippen LogP contribution < -0.4 is 10.6 Å². The highest BCUT2D eigenvalue weighted by Gasteiger charge is 2.30. The Morgan fingerprint density at radius 1 is 1.27 bits per heavy atom. The summed E-state index contributed by atoms with van der Waals surface area (Å²) in [6, 6.07) is 0. The summed E-state index contributed by atoms with van der Waals surface area (Å²) in [7, 11) is 0. The van der Waals surface area contributed by atoms with Gasteiger partial charge >= 0.3 is 6.09 Å². The van der Waals surface area contributed by atoms with Gasteiger partial charge in [0.25, 0.3) is 0 Å². The van der Waals surface area contributed by atoms with Crippen LogP contribution >= 0.6 is 0 Å². The van der Waals surface area contributed by atoms with Crippen LogP contribution in [0.2, 0.25) is 0 Å². The Morgan fingerprint density at radius 2 is 1.95 bits per heavy atom. The van der Waals surface area contributed by atoms with Gasteiger partial charge in [0.1, 0.15) is 5.60 Å². The van der Waals surface area contributed by atoms with Crippen molar-refractivity contribution in [1.82, 2.24) is 10.6 Å². The Hall–Kier alpha value is -1.03. The van der Waals surface area contributed by atoms with E-state index < -0.39 is 5.60 Å². The standard InChI is InChI=1S/C18H34N2O2/c1-14(2)18(6,13-19-16(21)22-17(3,4)5)20-12-15-10-8-7-9-11-15/h7-8,14-15,20H,9-13H2,1-6H3,(H,19,21). The van der Waals surface area contributed by atoms with Crippen molar-refractivity contribution in [1.29, 1.82) is 0 Å². The zero-order chi connectivity index (χ0) is 16.8. The fourth-order valence-electron chi connectivity index (χ4n) is 2.46. The van der Waals surface area contributed by atoms with Crippen LogP contribution in [-0.2, 0) is 4.74 Å². The summed E-state index contributed by atoms with van der Waals surface area (Å²) in [5.74, 6) is 1.12. The maximum absolute atomic E-state index is 11.9. The van der Waals surface area contributed by atoms with Crippen molar-refractivity contribution in [3.8, 4) is 0 Å². The molecule has 0 aromatic heterocycles. The third-order valence-electron chi connectivity index (χ3n) is 4.45. The molecule has 0 heterocycles. The van der Waals surface area contributed by atoms with E-state index in [1.807, 2.05) is 20.8 Å². The van der Waals surface area contributed by atoms with Gasteiger partial charge in [-0.3, -0.25) is 0 Å². The first-order chi connectivity index (χ1) is 10.1. The molecule has 1 aliphatic rings. The lowest BCUT2D eigenvalue weighted by atomic mass is 9.86. The van der Waals surface area contributed by atoms with E-state index in [0.29, 0.717) is 18.4 Å². The van der Waals surface area contributed by atoms with Gasteiger partial charge in [0, 0.05) is 12.1 Å². The van der Waals surface area contributed by atoms with Gasteiger partial charge in [0.15, 0.2) is 0 Å². The first-order valence-electron chi connectivity index (χ1n) is 8.49. The van der Waals surface area contributed by atoms with Crippen LogP contribution in [0.4, 0.5) is 4.79 Å². The topological polar surface area (TPSA) is 50.4 Å². The molecule has 22 heavy (non-hydrogen) atoms. The zero-order valence-corrected chi connectivity index (χ0v) is 15.2. The second kappa shape index (κ2) is 8.00. The summed E-state index contributed by atoms with van der Waals surface area (Å²) in [5, 5.41) is 6.59. The second-order valence-electron chi connectivity index (χ2n) is 7.96. The van der Waals surface area contributed by atoms with Crippen molar-refractivity contribution in [2.75, 3.05) is 13.1 Å². The maximum Gasteiger partial charge on any atom is 0.407 e. The molecule has 0 saturated heterocycles. The number of rotatable bonds is 6. The molecule has 128 valence electrons. The molecule has 0 saturated carbocycles. The Balaban J connectivity index is 2.48. The van der Waals surface area contributed by atoms with Gasteiger partial charge in [-0.25, -0.2) is 4.79 Å². The average Bonchev–Trinajstić information content (AvgIpc) is 2.42. The number of hydrogen-bond acceptors (Lipinski definition) is 3. The number of ether oxygens (including phenoxy) is 1. The largest absolute Gasteiger partial charge is 0.444 e. The lowest BCUT2D eigenvalue weighted by molar-refractivity contribution is 0.0502.